The van der Waals surface area contributed by atoms with E-state index in [1.165, 1.54) is 0 Å². The van der Waals surface area contributed by atoms with Crippen LogP contribution in [0.15, 0.2) is 29.2 Å². The molecular formula is C19H28N2O5S. The van der Waals surface area contributed by atoms with Crippen molar-refractivity contribution in [2.75, 3.05) is 32.8 Å². The summed E-state index contributed by atoms with van der Waals surface area (Å²) in [7, 11) is -3.54. The van der Waals surface area contributed by atoms with Crippen LogP contribution < -0.4 is 4.72 Å². The van der Waals surface area contributed by atoms with Crippen molar-refractivity contribution >= 4 is 16.1 Å². The van der Waals surface area contributed by atoms with E-state index in [4.69, 9.17) is 9.47 Å². The largest absolute Gasteiger partial charge is 0.446 e. The van der Waals surface area contributed by atoms with Crippen molar-refractivity contribution in [2.45, 2.75) is 43.6 Å². The van der Waals surface area contributed by atoms with Gasteiger partial charge in [-0.2, -0.15) is 0 Å². The highest BCUT2D eigenvalue weighted by Crippen LogP contribution is 2.20. The van der Waals surface area contributed by atoms with Gasteiger partial charge < -0.3 is 14.4 Å². The highest BCUT2D eigenvalue weighted by Gasteiger charge is 2.28. The van der Waals surface area contributed by atoms with Gasteiger partial charge in [-0.25, -0.2) is 17.9 Å². The van der Waals surface area contributed by atoms with Crippen molar-refractivity contribution in [2.24, 2.45) is 5.92 Å². The van der Waals surface area contributed by atoms with E-state index in [1.807, 2.05) is 6.92 Å². The summed E-state index contributed by atoms with van der Waals surface area (Å²) in [6.07, 6.45) is 2.83. The van der Waals surface area contributed by atoms with Gasteiger partial charge in [0.15, 0.2) is 0 Å². The average Bonchev–Trinajstić information content (AvgIpc) is 2.68. The second kappa shape index (κ2) is 9.03. The molecule has 0 bridgehead atoms. The molecule has 150 valence electrons. The maximum Gasteiger partial charge on any atom is 0.410 e. The molecule has 2 aliphatic rings. The predicted octanol–water partition coefficient (Wildman–Crippen LogP) is 2.30. The van der Waals surface area contributed by atoms with Gasteiger partial charge in [0, 0.05) is 32.5 Å². The minimum Gasteiger partial charge on any atom is -0.446 e. The van der Waals surface area contributed by atoms with Gasteiger partial charge in [0.05, 0.1) is 18.1 Å². The van der Waals surface area contributed by atoms with Crippen molar-refractivity contribution in [3.63, 3.8) is 0 Å². The summed E-state index contributed by atoms with van der Waals surface area (Å²) in [5, 5.41) is 0. The number of hydrogen-bond acceptors (Lipinski definition) is 5. The minimum atomic E-state index is -3.54. The van der Waals surface area contributed by atoms with Crippen LogP contribution >= 0.6 is 0 Å². The third-order valence-corrected chi connectivity index (χ3v) is 6.55. The fourth-order valence-electron chi connectivity index (χ4n) is 3.44. The second-order valence-corrected chi connectivity index (χ2v) is 9.08. The molecule has 0 radical (unpaired) electrons. The first-order chi connectivity index (χ1) is 12.9. The average molecular weight is 397 g/mol. The summed E-state index contributed by atoms with van der Waals surface area (Å²) in [4.78, 5) is 14.4. The van der Waals surface area contributed by atoms with Crippen LogP contribution in [0.3, 0.4) is 0 Å². The van der Waals surface area contributed by atoms with Crippen molar-refractivity contribution in [1.29, 1.82) is 0 Å². The molecule has 1 unspecified atom stereocenters. The Morgan fingerprint density at radius 2 is 1.93 bits per heavy atom. The van der Waals surface area contributed by atoms with E-state index in [1.54, 1.807) is 29.2 Å². The normalized spacial score (nSPS) is 21.8. The van der Waals surface area contributed by atoms with Crippen molar-refractivity contribution < 1.29 is 22.7 Å². The van der Waals surface area contributed by atoms with Crippen LogP contribution in [0.1, 0.15) is 31.2 Å². The number of ether oxygens (including phenoxy) is 2. The summed E-state index contributed by atoms with van der Waals surface area (Å²) >= 11 is 0. The summed E-state index contributed by atoms with van der Waals surface area (Å²) in [6, 6.07) is 6.78. The molecule has 0 aromatic heterocycles. The number of benzene rings is 1. The fraction of sp³-hybridized carbons (Fsp3) is 0.632. The molecule has 2 fully saturated rings. The van der Waals surface area contributed by atoms with Gasteiger partial charge in [0.2, 0.25) is 10.0 Å². The third-order valence-electron chi connectivity index (χ3n) is 5.11. The lowest BCUT2D eigenvalue weighted by Gasteiger charge is -2.33. The van der Waals surface area contributed by atoms with Crippen LogP contribution in [-0.4, -0.2) is 58.4 Å². The lowest BCUT2D eigenvalue weighted by atomic mass is 9.99. The zero-order valence-electron chi connectivity index (χ0n) is 15.7. The Morgan fingerprint density at radius 3 is 2.63 bits per heavy atom. The Hall–Kier alpha value is -1.64. The molecule has 8 heteroatoms. The van der Waals surface area contributed by atoms with Gasteiger partial charge in [-0.1, -0.05) is 17.7 Å². The summed E-state index contributed by atoms with van der Waals surface area (Å²) in [5.74, 6) is 0.0845. The van der Waals surface area contributed by atoms with Crippen LogP contribution in [-0.2, 0) is 19.5 Å². The molecule has 7 nitrogen and oxygen atoms in total. The highest BCUT2D eigenvalue weighted by atomic mass is 32.2. The molecule has 3 rings (SSSR count). The van der Waals surface area contributed by atoms with Gasteiger partial charge in [-0.15, -0.1) is 0 Å². The van der Waals surface area contributed by atoms with E-state index in [2.05, 4.69) is 4.72 Å². The molecule has 2 heterocycles. The van der Waals surface area contributed by atoms with E-state index >= 15 is 0 Å². The number of hydrogen-bond donors (Lipinski definition) is 1. The Morgan fingerprint density at radius 1 is 1.22 bits per heavy atom. The smallest absolute Gasteiger partial charge is 0.410 e. The first kappa shape index (κ1) is 20.1. The predicted molar refractivity (Wildman–Crippen MR) is 101 cm³/mol. The van der Waals surface area contributed by atoms with E-state index in [-0.39, 0.29) is 23.0 Å². The van der Waals surface area contributed by atoms with Crippen molar-refractivity contribution in [3.8, 4) is 0 Å². The molecular weight excluding hydrogens is 368 g/mol. The lowest BCUT2D eigenvalue weighted by molar-refractivity contribution is -0.0136. The SMILES string of the molecule is Cc1ccc(S(=O)(=O)NCC2CCCN(C(=O)OC3CCOCC3)C2)cc1. The number of piperidine rings is 1. The van der Waals surface area contributed by atoms with Crippen LogP contribution in [0.5, 0.6) is 0 Å². The molecule has 0 saturated carbocycles. The number of carbonyl (C=O) groups is 1. The van der Waals surface area contributed by atoms with E-state index in [0.29, 0.717) is 32.8 Å². The van der Waals surface area contributed by atoms with Gasteiger partial charge in [0.1, 0.15) is 6.10 Å². The number of nitrogens with zero attached hydrogens (tertiary/aromatic N) is 1. The fourth-order valence-corrected chi connectivity index (χ4v) is 4.55. The number of carbonyl (C=O) groups excluding carboxylic acids is 1. The van der Waals surface area contributed by atoms with Gasteiger partial charge in [-0.05, 0) is 37.8 Å². The van der Waals surface area contributed by atoms with Crippen LogP contribution in [0.25, 0.3) is 0 Å². The quantitative estimate of drug-likeness (QED) is 0.825. The van der Waals surface area contributed by atoms with E-state index in [9.17, 15) is 13.2 Å². The van der Waals surface area contributed by atoms with E-state index in [0.717, 1.165) is 31.2 Å². The molecule has 1 amide bonds. The Labute approximate surface area is 161 Å². The number of amides is 1. The maximum atomic E-state index is 12.4. The van der Waals surface area contributed by atoms with Crippen LogP contribution in [0, 0.1) is 12.8 Å². The summed E-state index contributed by atoms with van der Waals surface area (Å²) in [6.45, 7) is 4.65. The number of nitrogens with one attached hydrogen (secondary N) is 1. The zero-order chi connectivity index (χ0) is 19.3. The van der Waals surface area contributed by atoms with Crippen molar-refractivity contribution in [1.82, 2.24) is 9.62 Å². The number of aryl methyl sites for hydroxylation is 1. The van der Waals surface area contributed by atoms with Crippen LogP contribution in [0.4, 0.5) is 4.79 Å². The topological polar surface area (TPSA) is 84.9 Å². The minimum absolute atomic E-state index is 0.0772. The van der Waals surface area contributed by atoms with Crippen molar-refractivity contribution in [3.05, 3.63) is 29.8 Å². The van der Waals surface area contributed by atoms with Crippen LogP contribution in [0.2, 0.25) is 0 Å². The standard InChI is InChI=1S/C19H28N2O5S/c1-15-4-6-18(7-5-15)27(23,24)20-13-16-3-2-10-21(14-16)19(22)26-17-8-11-25-12-9-17/h4-7,16-17,20H,2-3,8-14H2,1H3. The number of rotatable bonds is 5. The van der Waals surface area contributed by atoms with Gasteiger partial charge in [-0.3, -0.25) is 0 Å². The number of sulfonamides is 1. The molecule has 2 aliphatic heterocycles. The molecule has 2 saturated heterocycles. The molecule has 1 aromatic rings. The first-order valence-electron chi connectivity index (χ1n) is 9.54. The third kappa shape index (κ3) is 5.67. The van der Waals surface area contributed by atoms with Gasteiger partial charge in [0.25, 0.3) is 0 Å². The number of likely N-dealkylation sites (tertiary alicyclic amines) is 1. The lowest BCUT2D eigenvalue weighted by Crippen LogP contribution is -2.45. The molecule has 27 heavy (non-hydrogen) atoms. The first-order valence-corrected chi connectivity index (χ1v) is 11.0. The molecule has 0 aliphatic carbocycles. The molecule has 1 N–H and O–H groups in total. The Kier molecular flexibility index (Phi) is 6.73. The summed E-state index contributed by atoms with van der Waals surface area (Å²) in [5.41, 5.74) is 1.01. The van der Waals surface area contributed by atoms with Gasteiger partial charge >= 0.3 is 6.09 Å². The molecule has 1 aromatic carbocycles. The molecule has 0 spiro atoms. The monoisotopic (exact) mass is 396 g/mol. The maximum absolute atomic E-state index is 12.4. The summed E-state index contributed by atoms with van der Waals surface area (Å²) < 4.78 is 38.4. The zero-order valence-corrected chi connectivity index (χ0v) is 16.5. The Balaban J connectivity index is 1.50. The Bertz CT molecular complexity index is 729. The second-order valence-electron chi connectivity index (χ2n) is 7.31. The highest BCUT2D eigenvalue weighted by molar-refractivity contribution is 7.89. The van der Waals surface area contributed by atoms with E-state index < -0.39 is 10.0 Å². The molecule has 1 atom stereocenters.